The van der Waals surface area contributed by atoms with Crippen LogP contribution in [0.3, 0.4) is 0 Å². The summed E-state index contributed by atoms with van der Waals surface area (Å²) in [7, 11) is -3.79. The molecule has 1 heterocycles. The minimum absolute atomic E-state index is 0.0630. The number of nitrogens with one attached hydrogen (secondary N) is 1. The van der Waals surface area contributed by atoms with Gasteiger partial charge in [0.15, 0.2) is 0 Å². The Kier molecular flexibility index (Phi) is 5.06. The van der Waals surface area contributed by atoms with Crippen LogP contribution in [0.5, 0.6) is 0 Å². The molecule has 1 aliphatic rings. The van der Waals surface area contributed by atoms with Gasteiger partial charge in [0.1, 0.15) is 11.3 Å². The summed E-state index contributed by atoms with van der Waals surface area (Å²) in [5, 5.41) is 8.30. The van der Waals surface area contributed by atoms with E-state index in [1.54, 1.807) is 44.2 Å². The van der Waals surface area contributed by atoms with Crippen molar-refractivity contribution in [3.8, 4) is 0 Å². The molecule has 0 saturated carbocycles. The van der Waals surface area contributed by atoms with Gasteiger partial charge in [-0.25, -0.2) is 13.1 Å². The Morgan fingerprint density at radius 1 is 1.22 bits per heavy atom. The van der Waals surface area contributed by atoms with Crippen LogP contribution in [0.15, 0.2) is 30.3 Å². The van der Waals surface area contributed by atoms with Crippen molar-refractivity contribution in [3.05, 3.63) is 35.9 Å². The molecule has 7 nitrogen and oxygen atoms in total. The summed E-state index contributed by atoms with van der Waals surface area (Å²) in [6, 6.07) is 7.44. The smallest absolute Gasteiger partial charge is 0.321 e. The molecule has 1 aliphatic heterocycles. The third kappa shape index (κ3) is 3.89. The van der Waals surface area contributed by atoms with Gasteiger partial charge in [-0.15, -0.1) is 0 Å². The number of nitrogens with zero attached hydrogens (tertiary/aromatic N) is 1. The maximum absolute atomic E-state index is 12.2. The van der Waals surface area contributed by atoms with Crippen LogP contribution < -0.4 is 4.72 Å². The van der Waals surface area contributed by atoms with E-state index in [9.17, 15) is 18.0 Å². The molecule has 8 heteroatoms. The molecule has 1 fully saturated rings. The topological polar surface area (TPSA) is 104 Å². The summed E-state index contributed by atoms with van der Waals surface area (Å²) in [5.41, 5.74) is 0.502. The average molecular weight is 340 g/mol. The molecule has 126 valence electrons. The molecule has 0 radical (unpaired) electrons. The minimum Gasteiger partial charge on any atom is -0.480 e. The second kappa shape index (κ2) is 6.67. The molecule has 1 saturated heterocycles. The Morgan fingerprint density at radius 2 is 1.78 bits per heavy atom. The van der Waals surface area contributed by atoms with Gasteiger partial charge in [-0.05, 0) is 18.1 Å². The number of carbonyl (C=O) groups is 2. The van der Waals surface area contributed by atoms with Crippen LogP contribution in [0, 0.1) is 5.92 Å². The largest absolute Gasteiger partial charge is 0.480 e. The molecule has 2 N–H and O–H groups in total. The Bertz CT molecular complexity index is 681. The number of carbonyl (C=O) groups excluding carboxylic acids is 1. The number of rotatable bonds is 6. The molecule has 1 aromatic rings. The van der Waals surface area contributed by atoms with Gasteiger partial charge >= 0.3 is 5.97 Å². The summed E-state index contributed by atoms with van der Waals surface area (Å²) in [5.74, 6) is -1.81. The molecular weight excluding hydrogens is 320 g/mol. The molecule has 1 amide bonds. The Hall–Kier alpha value is -1.93. The van der Waals surface area contributed by atoms with Gasteiger partial charge in [-0.1, -0.05) is 32.0 Å². The molecule has 2 rings (SSSR count). The van der Waals surface area contributed by atoms with Crippen molar-refractivity contribution in [2.24, 2.45) is 5.92 Å². The van der Waals surface area contributed by atoms with Crippen LogP contribution in [0.25, 0.3) is 0 Å². The van der Waals surface area contributed by atoms with Crippen molar-refractivity contribution < 1.29 is 23.1 Å². The predicted molar refractivity (Wildman–Crippen MR) is 84.5 cm³/mol. The lowest BCUT2D eigenvalue weighted by molar-refractivity contribution is -0.140. The zero-order chi connectivity index (χ0) is 17.2. The lowest BCUT2D eigenvalue weighted by atomic mass is 10.1. The minimum atomic E-state index is -3.79. The van der Waals surface area contributed by atoms with Crippen LogP contribution in [0.1, 0.15) is 24.2 Å². The van der Waals surface area contributed by atoms with E-state index in [0.717, 1.165) is 0 Å². The number of aliphatic carboxylic acids is 1. The second-order valence-corrected chi connectivity index (χ2v) is 7.91. The molecular formula is C15H20N2O5S. The molecule has 1 aromatic carbocycles. The van der Waals surface area contributed by atoms with Crippen molar-refractivity contribution >= 4 is 21.9 Å². The lowest BCUT2D eigenvalue weighted by Crippen LogP contribution is -2.61. The van der Waals surface area contributed by atoms with E-state index in [1.165, 1.54) is 4.90 Å². The van der Waals surface area contributed by atoms with Gasteiger partial charge in [0.05, 0.1) is 0 Å². The summed E-state index contributed by atoms with van der Waals surface area (Å²) in [4.78, 5) is 24.7. The highest BCUT2D eigenvalue weighted by Gasteiger charge is 2.42. The molecule has 0 aromatic heterocycles. The van der Waals surface area contributed by atoms with E-state index in [2.05, 4.69) is 4.72 Å². The van der Waals surface area contributed by atoms with Gasteiger partial charge in [0.25, 0.3) is 5.91 Å². The quantitative estimate of drug-likeness (QED) is 0.786. The third-order valence-corrected chi connectivity index (χ3v) is 5.58. The monoisotopic (exact) mass is 340 g/mol. The van der Waals surface area contributed by atoms with E-state index in [-0.39, 0.29) is 24.9 Å². The van der Waals surface area contributed by atoms with Crippen molar-refractivity contribution in [1.82, 2.24) is 9.62 Å². The molecule has 0 unspecified atom stereocenters. The van der Waals surface area contributed by atoms with E-state index >= 15 is 0 Å². The maximum atomic E-state index is 12.2. The number of carboxylic acids is 1. The first-order valence-corrected chi connectivity index (χ1v) is 8.85. The molecule has 0 bridgehead atoms. The SMILES string of the molecule is CC(C)[C@@H](NS(=O)(=O)C1CN(C(=O)c2ccccc2)C1)C(=O)O. The Morgan fingerprint density at radius 3 is 2.26 bits per heavy atom. The highest BCUT2D eigenvalue weighted by Crippen LogP contribution is 2.19. The highest BCUT2D eigenvalue weighted by atomic mass is 32.2. The maximum Gasteiger partial charge on any atom is 0.321 e. The number of hydrogen-bond acceptors (Lipinski definition) is 4. The van der Waals surface area contributed by atoms with Crippen molar-refractivity contribution in [3.63, 3.8) is 0 Å². The first-order chi connectivity index (χ1) is 10.7. The average Bonchev–Trinajstić information content (AvgIpc) is 2.43. The van der Waals surface area contributed by atoms with Gasteiger partial charge in [0.2, 0.25) is 10.0 Å². The van der Waals surface area contributed by atoms with Crippen LogP contribution >= 0.6 is 0 Å². The van der Waals surface area contributed by atoms with Crippen LogP contribution in [0.2, 0.25) is 0 Å². The van der Waals surface area contributed by atoms with Gasteiger partial charge in [-0.3, -0.25) is 9.59 Å². The predicted octanol–water partition coefficient (Wildman–Crippen LogP) is 0.540. The van der Waals surface area contributed by atoms with Gasteiger partial charge in [-0.2, -0.15) is 0 Å². The number of benzene rings is 1. The zero-order valence-corrected chi connectivity index (χ0v) is 13.8. The fourth-order valence-corrected chi connectivity index (χ4v) is 3.98. The van der Waals surface area contributed by atoms with Crippen LogP contribution in [-0.4, -0.2) is 54.7 Å². The standard InChI is InChI=1S/C15H20N2O5S/c1-10(2)13(15(19)20)16-23(21,22)12-8-17(9-12)14(18)11-6-4-3-5-7-11/h3-7,10,12-13,16H,8-9H2,1-2H3,(H,19,20)/t13-/m1/s1. The van der Waals surface area contributed by atoms with E-state index in [0.29, 0.717) is 5.56 Å². The Labute approximate surface area is 135 Å². The van der Waals surface area contributed by atoms with E-state index in [4.69, 9.17) is 5.11 Å². The fraction of sp³-hybridized carbons (Fsp3) is 0.467. The molecule has 1 atom stereocenters. The normalized spacial score (nSPS) is 16.9. The molecule has 0 aliphatic carbocycles. The van der Waals surface area contributed by atoms with E-state index in [1.807, 2.05) is 0 Å². The van der Waals surface area contributed by atoms with Crippen LogP contribution in [0.4, 0.5) is 0 Å². The van der Waals surface area contributed by atoms with Crippen LogP contribution in [-0.2, 0) is 14.8 Å². The Balaban J connectivity index is 1.98. The second-order valence-electron chi connectivity index (χ2n) is 5.92. The number of carboxylic acid groups (broad SMARTS) is 1. The summed E-state index contributed by atoms with van der Waals surface area (Å²) < 4.78 is 26.7. The fourth-order valence-electron chi connectivity index (χ4n) is 2.31. The summed E-state index contributed by atoms with van der Waals surface area (Å²) in [6.07, 6.45) is 0. The lowest BCUT2D eigenvalue weighted by Gasteiger charge is -2.39. The summed E-state index contributed by atoms with van der Waals surface area (Å²) >= 11 is 0. The zero-order valence-electron chi connectivity index (χ0n) is 13.0. The number of likely N-dealkylation sites (tertiary alicyclic amines) is 1. The van der Waals surface area contributed by atoms with Crippen molar-refractivity contribution in [2.45, 2.75) is 25.1 Å². The molecule has 23 heavy (non-hydrogen) atoms. The molecule has 0 spiro atoms. The number of sulfonamides is 1. The third-order valence-electron chi connectivity index (χ3n) is 3.82. The van der Waals surface area contributed by atoms with Gasteiger partial charge < -0.3 is 10.0 Å². The number of amides is 1. The first kappa shape index (κ1) is 17.4. The van der Waals surface area contributed by atoms with Crippen molar-refractivity contribution in [2.75, 3.05) is 13.1 Å². The number of hydrogen-bond donors (Lipinski definition) is 2. The van der Waals surface area contributed by atoms with Gasteiger partial charge in [0, 0.05) is 18.7 Å². The van der Waals surface area contributed by atoms with E-state index < -0.39 is 27.3 Å². The van der Waals surface area contributed by atoms with Crippen molar-refractivity contribution in [1.29, 1.82) is 0 Å². The summed E-state index contributed by atoms with van der Waals surface area (Å²) in [6.45, 7) is 3.39. The highest BCUT2D eigenvalue weighted by molar-refractivity contribution is 7.90. The first-order valence-electron chi connectivity index (χ1n) is 7.30.